The van der Waals surface area contributed by atoms with Crippen molar-refractivity contribution in [2.75, 3.05) is 19.8 Å². The van der Waals surface area contributed by atoms with Crippen LogP contribution in [0.15, 0.2) is 24.3 Å². The van der Waals surface area contributed by atoms with Gasteiger partial charge in [-0.2, -0.15) is 0 Å². The summed E-state index contributed by atoms with van der Waals surface area (Å²) >= 11 is 0. The first kappa shape index (κ1) is 18.0. The summed E-state index contributed by atoms with van der Waals surface area (Å²) in [5.41, 5.74) is 1.19. The molecule has 0 saturated carbocycles. The molecule has 0 fully saturated rings. The standard InChI is InChI=1S/C18H31NO2/c1-4-6-8-16-9-11-17(12-10-16)21-14-7-13-18(3,15-20)19-5-2/h9-12,19-20H,4-8,13-15H2,1-3H3. The van der Waals surface area contributed by atoms with Crippen molar-refractivity contribution in [2.45, 2.75) is 58.4 Å². The van der Waals surface area contributed by atoms with Crippen molar-refractivity contribution in [1.82, 2.24) is 5.32 Å². The Morgan fingerprint density at radius 2 is 1.86 bits per heavy atom. The normalized spacial score (nSPS) is 13.9. The fourth-order valence-electron chi connectivity index (χ4n) is 2.44. The molecule has 3 heteroatoms. The molecule has 0 aliphatic rings. The first-order valence-corrected chi connectivity index (χ1v) is 8.21. The van der Waals surface area contributed by atoms with Gasteiger partial charge in [0.25, 0.3) is 0 Å². The van der Waals surface area contributed by atoms with E-state index in [9.17, 15) is 5.11 Å². The molecule has 1 aromatic carbocycles. The van der Waals surface area contributed by atoms with Crippen LogP contribution in [0.1, 0.15) is 52.0 Å². The number of hydrogen-bond donors (Lipinski definition) is 2. The van der Waals surface area contributed by atoms with Gasteiger partial charge < -0.3 is 15.2 Å². The summed E-state index contributed by atoms with van der Waals surface area (Å²) in [4.78, 5) is 0. The van der Waals surface area contributed by atoms with E-state index in [2.05, 4.69) is 50.4 Å². The average molecular weight is 293 g/mol. The maximum atomic E-state index is 9.43. The van der Waals surface area contributed by atoms with Crippen LogP contribution < -0.4 is 10.1 Å². The SMILES string of the molecule is CCCCc1ccc(OCCCC(C)(CO)NCC)cc1. The van der Waals surface area contributed by atoms with Gasteiger partial charge in [0.1, 0.15) is 5.75 Å². The quantitative estimate of drug-likeness (QED) is 0.613. The molecule has 0 aliphatic carbocycles. The summed E-state index contributed by atoms with van der Waals surface area (Å²) in [5.74, 6) is 0.935. The van der Waals surface area contributed by atoms with Crippen LogP contribution in [0.2, 0.25) is 0 Å². The molecule has 0 spiro atoms. The minimum Gasteiger partial charge on any atom is -0.494 e. The van der Waals surface area contributed by atoms with Crippen LogP contribution in [-0.2, 0) is 6.42 Å². The summed E-state index contributed by atoms with van der Waals surface area (Å²) in [6, 6.07) is 8.42. The van der Waals surface area contributed by atoms with E-state index >= 15 is 0 Å². The molecular formula is C18H31NO2. The highest BCUT2D eigenvalue weighted by Crippen LogP contribution is 2.16. The second-order valence-corrected chi connectivity index (χ2v) is 5.95. The van der Waals surface area contributed by atoms with Crippen molar-refractivity contribution in [1.29, 1.82) is 0 Å². The van der Waals surface area contributed by atoms with Crippen LogP contribution in [0.5, 0.6) is 5.75 Å². The van der Waals surface area contributed by atoms with E-state index in [0.29, 0.717) is 6.61 Å². The lowest BCUT2D eigenvalue weighted by molar-refractivity contribution is 0.158. The molecule has 0 radical (unpaired) electrons. The molecule has 0 saturated heterocycles. The third-order valence-electron chi connectivity index (χ3n) is 3.84. The smallest absolute Gasteiger partial charge is 0.119 e. The van der Waals surface area contributed by atoms with Gasteiger partial charge in [-0.3, -0.25) is 0 Å². The first-order valence-electron chi connectivity index (χ1n) is 8.21. The fourth-order valence-corrected chi connectivity index (χ4v) is 2.44. The van der Waals surface area contributed by atoms with Crippen molar-refractivity contribution >= 4 is 0 Å². The van der Waals surface area contributed by atoms with Gasteiger partial charge in [-0.25, -0.2) is 0 Å². The van der Waals surface area contributed by atoms with Crippen LogP contribution in [0.3, 0.4) is 0 Å². The topological polar surface area (TPSA) is 41.5 Å². The number of hydrogen-bond acceptors (Lipinski definition) is 3. The molecule has 120 valence electrons. The molecule has 1 unspecified atom stereocenters. The highest BCUT2D eigenvalue weighted by atomic mass is 16.5. The molecule has 1 rings (SSSR count). The Morgan fingerprint density at radius 1 is 1.14 bits per heavy atom. The van der Waals surface area contributed by atoms with Gasteiger partial charge in [-0.05, 0) is 56.8 Å². The van der Waals surface area contributed by atoms with Gasteiger partial charge in [0.2, 0.25) is 0 Å². The van der Waals surface area contributed by atoms with Crippen LogP contribution in [-0.4, -0.2) is 30.4 Å². The Labute approximate surface area is 129 Å². The van der Waals surface area contributed by atoms with Gasteiger partial charge in [0.15, 0.2) is 0 Å². The zero-order chi connectivity index (χ0) is 15.6. The van der Waals surface area contributed by atoms with Crippen molar-refractivity contribution in [2.24, 2.45) is 0 Å². The van der Waals surface area contributed by atoms with E-state index in [1.165, 1.54) is 18.4 Å². The minimum atomic E-state index is -0.192. The Kier molecular flexibility index (Phi) is 8.40. The van der Waals surface area contributed by atoms with Crippen LogP contribution in [0, 0.1) is 0 Å². The summed E-state index contributed by atoms with van der Waals surface area (Å²) in [6.45, 7) is 8.05. The lowest BCUT2D eigenvalue weighted by atomic mass is 9.97. The highest BCUT2D eigenvalue weighted by Gasteiger charge is 2.20. The van der Waals surface area contributed by atoms with Gasteiger partial charge >= 0.3 is 0 Å². The molecule has 0 heterocycles. The fraction of sp³-hybridized carbons (Fsp3) is 0.667. The summed E-state index contributed by atoms with van der Waals surface area (Å²) in [5, 5.41) is 12.8. The summed E-state index contributed by atoms with van der Waals surface area (Å²) in [6.07, 6.45) is 5.46. The van der Waals surface area contributed by atoms with E-state index in [0.717, 1.165) is 31.6 Å². The predicted octanol–water partition coefficient (Wildman–Crippen LogP) is 3.55. The van der Waals surface area contributed by atoms with Gasteiger partial charge in [-0.15, -0.1) is 0 Å². The van der Waals surface area contributed by atoms with E-state index in [1.807, 2.05) is 0 Å². The van der Waals surface area contributed by atoms with Crippen LogP contribution in [0.4, 0.5) is 0 Å². The van der Waals surface area contributed by atoms with E-state index in [4.69, 9.17) is 4.74 Å². The monoisotopic (exact) mass is 293 g/mol. The molecule has 1 aromatic rings. The Bertz CT molecular complexity index is 377. The average Bonchev–Trinajstić information content (AvgIpc) is 2.51. The zero-order valence-electron chi connectivity index (χ0n) is 13.8. The lowest BCUT2D eigenvalue weighted by Crippen LogP contribution is -2.45. The molecule has 21 heavy (non-hydrogen) atoms. The van der Waals surface area contributed by atoms with E-state index in [-0.39, 0.29) is 12.1 Å². The van der Waals surface area contributed by atoms with Gasteiger partial charge in [-0.1, -0.05) is 32.4 Å². The van der Waals surface area contributed by atoms with Crippen molar-refractivity contribution < 1.29 is 9.84 Å². The van der Waals surface area contributed by atoms with Crippen LogP contribution >= 0.6 is 0 Å². The first-order chi connectivity index (χ1) is 10.1. The number of nitrogens with one attached hydrogen (secondary N) is 1. The highest BCUT2D eigenvalue weighted by molar-refractivity contribution is 5.27. The number of unbranched alkanes of at least 4 members (excludes halogenated alkanes) is 1. The minimum absolute atomic E-state index is 0.160. The molecule has 1 atom stereocenters. The Balaban J connectivity index is 2.29. The summed E-state index contributed by atoms with van der Waals surface area (Å²) < 4.78 is 5.77. The maximum Gasteiger partial charge on any atom is 0.119 e. The molecule has 0 amide bonds. The van der Waals surface area contributed by atoms with Gasteiger partial charge in [0.05, 0.1) is 13.2 Å². The predicted molar refractivity (Wildman–Crippen MR) is 89.0 cm³/mol. The van der Waals surface area contributed by atoms with E-state index < -0.39 is 0 Å². The second kappa shape index (κ2) is 9.80. The number of ether oxygens (including phenoxy) is 1. The Hall–Kier alpha value is -1.06. The second-order valence-electron chi connectivity index (χ2n) is 5.95. The number of aryl methyl sites for hydroxylation is 1. The van der Waals surface area contributed by atoms with Crippen molar-refractivity contribution in [3.63, 3.8) is 0 Å². The molecule has 2 N–H and O–H groups in total. The lowest BCUT2D eigenvalue weighted by Gasteiger charge is -2.28. The molecule has 0 aromatic heterocycles. The number of rotatable bonds is 11. The molecule has 0 bridgehead atoms. The third-order valence-corrected chi connectivity index (χ3v) is 3.84. The van der Waals surface area contributed by atoms with Crippen molar-refractivity contribution in [3.8, 4) is 5.75 Å². The number of benzene rings is 1. The van der Waals surface area contributed by atoms with Crippen LogP contribution in [0.25, 0.3) is 0 Å². The number of aliphatic hydroxyl groups is 1. The van der Waals surface area contributed by atoms with Crippen molar-refractivity contribution in [3.05, 3.63) is 29.8 Å². The molecule has 0 aliphatic heterocycles. The molecule has 3 nitrogen and oxygen atoms in total. The largest absolute Gasteiger partial charge is 0.494 e. The Morgan fingerprint density at radius 3 is 2.43 bits per heavy atom. The zero-order valence-corrected chi connectivity index (χ0v) is 13.8. The molecular weight excluding hydrogens is 262 g/mol. The maximum absolute atomic E-state index is 9.43. The third kappa shape index (κ3) is 6.96. The van der Waals surface area contributed by atoms with Gasteiger partial charge in [0, 0.05) is 5.54 Å². The number of likely N-dealkylation sites (N-methyl/N-ethyl adjacent to an activating group) is 1. The number of aliphatic hydroxyl groups excluding tert-OH is 1. The van der Waals surface area contributed by atoms with E-state index in [1.54, 1.807) is 0 Å². The summed E-state index contributed by atoms with van der Waals surface area (Å²) in [7, 11) is 0.